The number of halogens is 3. The summed E-state index contributed by atoms with van der Waals surface area (Å²) in [4.78, 5) is 0.668. The van der Waals surface area contributed by atoms with Crippen LogP contribution in [-0.2, 0) is 0 Å². The summed E-state index contributed by atoms with van der Waals surface area (Å²) >= 11 is 15.5. The SMILES string of the molecule is Clc1ccc(C2CCC(Br)C2)cc1Cl. The minimum Gasteiger partial charge on any atom is -0.0890 e. The molecule has 1 fully saturated rings. The van der Waals surface area contributed by atoms with Crippen LogP contribution < -0.4 is 0 Å². The monoisotopic (exact) mass is 292 g/mol. The molecule has 1 aromatic carbocycles. The lowest BCUT2D eigenvalue weighted by atomic mass is 9.98. The van der Waals surface area contributed by atoms with Crippen LogP contribution in [0.2, 0.25) is 10.0 Å². The molecule has 0 N–H and O–H groups in total. The number of alkyl halides is 1. The van der Waals surface area contributed by atoms with Gasteiger partial charge < -0.3 is 0 Å². The molecule has 0 heterocycles. The van der Waals surface area contributed by atoms with Crippen LogP contribution in [0.4, 0.5) is 0 Å². The van der Waals surface area contributed by atoms with Crippen LogP contribution in [0, 0.1) is 0 Å². The van der Waals surface area contributed by atoms with Crippen LogP contribution in [0.5, 0.6) is 0 Å². The second kappa shape index (κ2) is 4.42. The Bertz CT molecular complexity index is 338. The van der Waals surface area contributed by atoms with Crippen LogP contribution in [0.15, 0.2) is 18.2 Å². The highest BCUT2D eigenvalue weighted by Crippen LogP contribution is 2.39. The van der Waals surface area contributed by atoms with Crippen LogP contribution in [0.3, 0.4) is 0 Å². The highest BCUT2D eigenvalue weighted by atomic mass is 79.9. The van der Waals surface area contributed by atoms with E-state index in [-0.39, 0.29) is 0 Å². The van der Waals surface area contributed by atoms with Crippen molar-refractivity contribution in [1.82, 2.24) is 0 Å². The Morgan fingerprint density at radius 2 is 1.93 bits per heavy atom. The lowest BCUT2D eigenvalue weighted by Crippen LogP contribution is -1.94. The van der Waals surface area contributed by atoms with Gasteiger partial charge >= 0.3 is 0 Å². The van der Waals surface area contributed by atoms with Crippen molar-refractivity contribution in [3.05, 3.63) is 33.8 Å². The Morgan fingerprint density at radius 3 is 2.50 bits per heavy atom. The van der Waals surface area contributed by atoms with Crippen molar-refractivity contribution in [3.63, 3.8) is 0 Å². The maximum atomic E-state index is 5.98. The van der Waals surface area contributed by atoms with Gasteiger partial charge in [0.15, 0.2) is 0 Å². The number of hydrogen-bond acceptors (Lipinski definition) is 0. The highest BCUT2D eigenvalue weighted by Gasteiger charge is 2.24. The highest BCUT2D eigenvalue weighted by molar-refractivity contribution is 9.09. The third kappa shape index (κ3) is 2.26. The molecular formula is C11H11BrCl2. The van der Waals surface area contributed by atoms with Gasteiger partial charge in [-0.2, -0.15) is 0 Å². The zero-order valence-corrected chi connectivity index (χ0v) is 10.7. The minimum absolute atomic E-state index is 0.642. The van der Waals surface area contributed by atoms with Gasteiger partial charge in [-0.05, 0) is 42.9 Å². The van der Waals surface area contributed by atoms with E-state index in [4.69, 9.17) is 23.2 Å². The molecule has 0 nitrogen and oxygen atoms in total. The maximum Gasteiger partial charge on any atom is 0.0595 e. The lowest BCUT2D eigenvalue weighted by molar-refractivity contribution is 0.726. The molecule has 2 unspecified atom stereocenters. The zero-order chi connectivity index (χ0) is 10.1. The molecule has 1 saturated carbocycles. The lowest BCUT2D eigenvalue weighted by Gasteiger charge is -2.10. The second-order valence-corrected chi connectivity index (χ2v) is 5.89. The Kier molecular flexibility index (Phi) is 3.41. The van der Waals surface area contributed by atoms with E-state index in [9.17, 15) is 0 Å². The molecule has 1 aliphatic rings. The second-order valence-electron chi connectivity index (χ2n) is 3.78. The summed E-state index contributed by atoms with van der Waals surface area (Å²) in [6.07, 6.45) is 3.71. The molecule has 1 aliphatic carbocycles. The van der Waals surface area contributed by atoms with E-state index in [1.54, 1.807) is 0 Å². The van der Waals surface area contributed by atoms with E-state index < -0.39 is 0 Å². The summed E-state index contributed by atoms with van der Waals surface area (Å²) in [6, 6.07) is 5.98. The molecule has 3 heteroatoms. The topological polar surface area (TPSA) is 0 Å². The van der Waals surface area contributed by atoms with Gasteiger partial charge in [0, 0.05) is 4.83 Å². The van der Waals surface area contributed by atoms with E-state index in [1.807, 2.05) is 12.1 Å². The standard InChI is InChI=1S/C11H11BrCl2/c12-9-3-1-7(5-9)8-2-4-10(13)11(14)6-8/h2,4,6-7,9H,1,3,5H2. The van der Waals surface area contributed by atoms with E-state index >= 15 is 0 Å². The van der Waals surface area contributed by atoms with Gasteiger partial charge in [0.1, 0.15) is 0 Å². The van der Waals surface area contributed by atoms with Crippen molar-refractivity contribution in [3.8, 4) is 0 Å². The molecule has 0 aliphatic heterocycles. The van der Waals surface area contributed by atoms with Crippen molar-refractivity contribution in [2.24, 2.45) is 0 Å². The van der Waals surface area contributed by atoms with Gasteiger partial charge in [0.2, 0.25) is 0 Å². The van der Waals surface area contributed by atoms with E-state index in [1.165, 1.54) is 24.8 Å². The van der Waals surface area contributed by atoms with E-state index in [2.05, 4.69) is 22.0 Å². The van der Waals surface area contributed by atoms with Crippen LogP contribution >= 0.6 is 39.1 Å². The van der Waals surface area contributed by atoms with E-state index in [0.717, 1.165) is 0 Å². The molecule has 0 radical (unpaired) electrons. The Labute approximate surface area is 103 Å². The first kappa shape index (κ1) is 10.8. The smallest absolute Gasteiger partial charge is 0.0595 e. The molecule has 0 spiro atoms. The zero-order valence-electron chi connectivity index (χ0n) is 7.64. The predicted molar refractivity (Wildman–Crippen MR) is 65.8 cm³/mol. The molecule has 0 bridgehead atoms. The van der Waals surface area contributed by atoms with Gasteiger partial charge in [-0.3, -0.25) is 0 Å². The third-order valence-corrected chi connectivity index (χ3v) is 4.35. The molecule has 0 saturated heterocycles. The van der Waals surface area contributed by atoms with Gasteiger partial charge in [-0.15, -0.1) is 0 Å². The summed E-state index contributed by atoms with van der Waals surface area (Å²) in [5.41, 5.74) is 1.32. The van der Waals surface area contributed by atoms with Crippen molar-refractivity contribution in [2.75, 3.05) is 0 Å². The minimum atomic E-state index is 0.642. The Morgan fingerprint density at radius 1 is 1.14 bits per heavy atom. The van der Waals surface area contributed by atoms with Gasteiger partial charge in [-0.25, -0.2) is 0 Å². The van der Waals surface area contributed by atoms with Gasteiger partial charge in [-0.1, -0.05) is 45.2 Å². The summed E-state index contributed by atoms with van der Waals surface area (Å²) in [5.74, 6) is 0.647. The number of hydrogen-bond donors (Lipinski definition) is 0. The fourth-order valence-electron chi connectivity index (χ4n) is 2.00. The van der Waals surface area contributed by atoms with Crippen LogP contribution in [0.1, 0.15) is 30.7 Å². The summed E-state index contributed by atoms with van der Waals surface area (Å²) in [6.45, 7) is 0. The van der Waals surface area contributed by atoms with Crippen molar-refractivity contribution in [2.45, 2.75) is 30.0 Å². The molecule has 2 atom stereocenters. The Balaban J connectivity index is 2.20. The number of rotatable bonds is 1. The first-order valence-corrected chi connectivity index (χ1v) is 6.43. The summed E-state index contributed by atoms with van der Waals surface area (Å²) in [5, 5.41) is 1.31. The largest absolute Gasteiger partial charge is 0.0890 e. The molecule has 0 amide bonds. The van der Waals surface area contributed by atoms with Crippen molar-refractivity contribution >= 4 is 39.1 Å². The summed E-state index contributed by atoms with van der Waals surface area (Å²) < 4.78 is 0. The average Bonchev–Trinajstić information content (AvgIpc) is 2.57. The van der Waals surface area contributed by atoms with Gasteiger partial charge in [0.05, 0.1) is 10.0 Å². The summed E-state index contributed by atoms with van der Waals surface area (Å²) in [7, 11) is 0. The molecule has 0 aromatic heterocycles. The fraction of sp³-hybridized carbons (Fsp3) is 0.455. The average molecular weight is 294 g/mol. The first-order valence-electron chi connectivity index (χ1n) is 4.76. The van der Waals surface area contributed by atoms with Crippen LogP contribution in [-0.4, -0.2) is 4.83 Å². The Hall–Kier alpha value is 0.280. The molecule has 14 heavy (non-hydrogen) atoms. The quantitative estimate of drug-likeness (QED) is 0.638. The van der Waals surface area contributed by atoms with E-state index in [0.29, 0.717) is 20.8 Å². The third-order valence-electron chi connectivity index (χ3n) is 2.78. The van der Waals surface area contributed by atoms with Crippen molar-refractivity contribution in [1.29, 1.82) is 0 Å². The van der Waals surface area contributed by atoms with Crippen LogP contribution in [0.25, 0.3) is 0 Å². The number of benzene rings is 1. The molecule has 1 aromatic rings. The van der Waals surface area contributed by atoms with Gasteiger partial charge in [0.25, 0.3) is 0 Å². The fourth-order valence-corrected chi connectivity index (χ4v) is 3.02. The molecule has 76 valence electrons. The molecular weight excluding hydrogens is 283 g/mol. The first-order chi connectivity index (χ1) is 6.66. The van der Waals surface area contributed by atoms with Crippen molar-refractivity contribution < 1.29 is 0 Å². The predicted octanol–water partition coefficient (Wildman–Crippen LogP) is 5.02. The maximum absolute atomic E-state index is 5.98. The molecule has 2 rings (SSSR count). The normalized spacial score (nSPS) is 26.8.